The van der Waals surface area contributed by atoms with E-state index in [1.807, 2.05) is 6.07 Å². The van der Waals surface area contributed by atoms with E-state index in [1.54, 1.807) is 12.4 Å². The summed E-state index contributed by atoms with van der Waals surface area (Å²) in [5.74, 6) is 0.985. The fourth-order valence-electron chi connectivity index (χ4n) is 6.25. The first-order valence-corrected chi connectivity index (χ1v) is 15.4. The number of aliphatic hydroxyl groups excluding tert-OH is 1. The van der Waals surface area contributed by atoms with E-state index in [0.717, 1.165) is 47.8 Å². The van der Waals surface area contributed by atoms with E-state index in [9.17, 15) is 9.90 Å². The Labute approximate surface area is 271 Å². The van der Waals surface area contributed by atoms with Crippen molar-refractivity contribution >= 4 is 27.5 Å². The van der Waals surface area contributed by atoms with E-state index in [2.05, 4.69) is 85.3 Å². The molecule has 3 aromatic carbocycles. The summed E-state index contributed by atoms with van der Waals surface area (Å²) < 4.78 is 0. The first-order valence-electron chi connectivity index (χ1n) is 15.4. The van der Waals surface area contributed by atoms with Gasteiger partial charge in [0.05, 0.1) is 11.3 Å². The number of rotatable bonds is 4. The van der Waals surface area contributed by atoms with Gasteiger partial charge in [0.25, 0.3) is 0 Å². The van der Waals surface area contributed by atoms with Gasteiger partial charge in [-0.05, 0) is 53.8 Å². The molecular formula is C38H47IrN2O2-. The normalized spacial score (nSPS) is 16.5. The molecule has 231 valence electrons. The van der Waals surface area contributed by atoms with Crippen LogP contribution >= 0.6 is 0 Å². The third kappa shape index (κ3) is 8.61. The van der Waals surface area contributed by atoms with Crippen molar-refractivity contribution in [3.63, 3.8) is 0 Å². The van der Waals surface area contributed by atoms with Crippen molar-refractivity contribution in [2.75, 3.05) is 0 Å². The Balaban J connectivity index is 0.000000238. The number of aliphatic hydroxyl groups is 1. The molecule has 1 heterocycles. The monoisotopic (exact) mass is 756 g/mol. The van der Waals surface area contributed by atoms with Crippen LogP contribution in [-0.2, 0) is 30.3 Å². The van der Waals surface area contributed by atoms with Gasteiger partial charge in [0.15, 0.2) is 5.78 Å². The second-order valence-electron chi connectivity index (χ2n) is 12.8. The molecule has 0 aliphatic heterocycles. The van der Waals surface area contributed by atoms with Crippen LogP contribution in [0, 0.1) is 17.9 Å². The van der Waals surface area contributed by atoms with Crippen LogP contribution < -0.4 is 0 Å². The number of hydrogen-bond acceptors (Lipinski definition) is 4. The molecule has 2 fully saturated rings. The zero-order chi connectivity index (χ0) is 28.8. The molecule has 0 unspecified atom stereocenters. The first kappa shape index (κ1) is 34.6. The molecule has 2 saturated carbocycles. The van der Waals surface area contributed by atoms with Gasteiger partial charge in [0, 0.05) is 38.0 Å². The van der Waals surface area contributed by atoms with Crippen molar-refractivity contribution in [3.8, 4) is 11.3 Å². The molecule has 2 aliphatic carbocycles. The summed E-state index contributed by atoms with van der Waals surface area (Å²) in [7, 11) is 0. The average molecular weight is 756 g/mol. The second kappa shape index (κ2) is 15.7. The van der Waals surface area contributed by atoms with E-state index < -0.39 is 0 Å². The van der Waals surface area contributed by atoms with Crippen molar-refractivity contribution < 1.29 is 30.0 Å². The van der Waals surface area contributed by atoms with Crippen LogP contribution in [0.4, 0.5) is 0 Å². The van der Waals surface area contributed by atoms with E-state index in [-0.39, 0.29) is 50.6 Å². The van der Waals surface area contributed by atoms with Gasteiger partial charge < -0.3 is 5.11 Å². The largest absolute Gasteiger partial charge is 0.512 e. The molecule has 1 N–H and O–H groups in total. The Morgan fingerprint density at radius 3 is 2.19 bits per heavy atom. The van der Waals surface area contributed by atoms with Gasteiger partial charge in [-0.15, -0.1) is 29.1 Å². The zero-order valence-electron chi connectivity index (χ0n) is 25.2. The smallest absolute Gasteiger partial charge is 0.162 e. The maximum atomic E-state index is 12.0. The summed E-state index contributed by atoms with van der Waals surface area (Å²) in [5, 5.41) is 13.5. The molecule has 43 heavy (non-hydrogen) atoms. The molecule has 6 rings (SSSR count). The Morgan fingerprint density at radius 1 is 0.860 bits per heavy atom. The van der Waals surface area contributed by atoms with Gasteiger partial charge in [-0.2, -0.15) is 0 Å². The summed E-state index contributed by atoms with van der Waals surface area (Å²) >= 11 is 0. The van der Waals surface area contributed by atoms with Crippen LogP contribution in [0.2, 0.25) is 0 Å². The summed E-state index contributed by atoms with van der Waals surface area (Å²) in [6.45, 7) is 6.67. The Hall–Kier alpha value is -2.88. The third-order valence-corrected chi connectivity index (χ3v) is 8.78. The summed E-state index contributed by atoms with van der Waals surface area (Å²) in [5.41, 5.74) is 4.32. The van der Waals surface area contributed by atoms with Gasteiger partial charge in [0.2, 0.25) is 0 Å². The molecule has 4 aromatic rings. The van der Waals surface area contributed by atoms with E-state index >= 15 is 0 Å². The topological polar surface area (TPSA) is 63.1 Å². The molecule has 1 aromatic heterocycles. The molecule has 0 amide bonds. The molecule has 0 spiro atoms. The van der Waals surface area contributed by atoms with E-state index in [1.165, 1.54) is 54.9 Å². The quantitative estimate of drug-likeness (QED) is 0.128. The van der Waals surface area contributed by atoms with Gasteiger partial charge in [-0.25, -0.2) is 4.98 Å². The van der Waals surface area contributed by atoms with Crippen LogP contribution in [0.15, 0.2) is 72.8 Å². The molecule has 1 radical (unpaired) electrons. The third-order valence-electron chi connectivity index (χ3n) is 8.78. The summed E-state index contributed by atoms with van der Waals surface area (Å²) in [6, 6.07) is 22.3. The fraction of sp³-hybridized carbons (Fsp3) is 0.447. The fourth-order valence-corrected chi connectivity index (χ4v) is 6.25. The molecule has 5 heteroatoms. The minimum atomic E-state index is 0. The van der Waals surface area contributed by atoms with Crippen LogP contribution in [0.25, 0.3) is 32.9 Å². The maximum Gasteiger partial charge on any atom is 0.162 e. The molecule has 4 nitrogen and oxygen atoms in total. The van der Waals surface area contributed by atoms with Crippen molar-refractivity contribution in [2.45, 2.75) is 97.8 Å². The number of fused-ring (bicyclic) bond motifs is 2. The van der Waals surface area contributed by atoms with Crippen molar-refractivity contribution in [3.05, 3.63) is 84.4 Å². The molecular weight excluding hydrogens is 709 g/mol. The number of aromatic nitrogens is 2. The van der Waals surface area contributed by atoms with Gasteiger partial charge >= 0.3 is 0 Å². The first-order chi connectivity index (χ1) is 19.8. The van der Waals surface area contributed by atoms with Gasteiger partial charge in [-0.3, -0.25) is 9.78 Å². The van der Waals surface area contributed by atoms with Crippen LogP contribution in [0.3, 0.4) is 0 Å². The van der Waals surface area contributed by atoms with Crippen molar-refractivity contribution in [1.82, 2.24) is 9.97 Å². The Kier molecular flexibility index (Phi) is 12.7. The Bertz CT molecular complexity index is 1520. The van der Waals surface area contributed by atoms with Gasteiger partial charge in [0.1, 0.15) is 6.33 Å². The van der Waals surface area contributed by atoms with Crippen LogP contribution in [0.1, 0.15) is 98.0 Å². The molecule has 0 bridgehead atoms. The number of carbonyl (C=O) groups excluding carboxylic acids is 1. The SMILES string of the molecule is C.CC(C)(C)c1ccc2ncnc(-c3[c-]ccc4ccccc34)c2c1.O=C(C=C(O)C1CCCCC1)C1CCCCC1.[Ir]. The Morgan fingerprint density at radius 2 is 1.51 bits per heavy atom. The second-order valence-corrected chi connectivity index (χ2v) is 12.8. The number of hydrogen-bond donors (Lipinski definition) is 1. The number of benzene rings is 3. The summed E-state index contributed by atoms with van der Waals surface area (Å²) in [4.78, 5) is 21.1. The molecule has 0 saturated heterocycles. The maximum absolute atomic E-state index is 12.0. The number of allylic oxidation sites excluding steroid dienone is 2. The van der Waals surface area contributed by atoms with Crippen molar-refractivity contribution in [1.29, 1.82) is 0 Å². The van der Waals surface area contributed by atoms with E-state index in [4.69, 9.17) is 0 Å². The average Bonchev–Trinajstić information content (AvgIpc) is 3.01. The number of carbonyl (C=O) groups is 1. The number of ketones is 1. The molecule has 2 aliphatic rings. The van der Waals surface area contributed by atoms with Crippen LogP contribution in [-0.4, -0.2) is 20.9 Å². The summed E-state index contributed by atoms with van der Waals surface area (Å²) in [6.07, 6.45) is 14.6. The van der Waals surface area contributed by atoms with Gasteiger partial charge in [-0.1, -0.05) is 109 Å². The standard InChI is InChI=1S/C22H19N2.C15H24O2.CH4.Ir/c1-22(2,3)16-11-12-20-19(13-16)21(24-14-23-20)18-10-6-8-15-7-4-5-9-17(15)18;16-14(12-7-3-1-4-8-12)11-15(17)13-9-5-2-6-10-13;;/h4-9,11-14H,1-3H3;11-13,16H,1-10H2;1H4;/q-1;;;. The zero-order valence-corrected chi connectivity index (χ0v) is 27.6. The van der Waals surface area contributed by atoms with E-state index in [0.29, 0.717) is 5.76 Å². The minimum absolute atomic E-state index is 0. The predicted molar refractivity (Wildman–Crippen MR) is 176 cm³/mol. The minimum Gasteiger partial charge on any atom is -0.512 e. The molecule has 0 atom stereocenters. The van der Waals surface area contributed by atoms with Crippen LogP contribution in [0.5, 0.6) is 0 Å². The number of nitrogens with zero attached hydrogens (tertiary/aromatic N) is 2. The van der Waals surface area contributed by atoms with Crippen molar-refractivity contribution in [2.24, 2.45) is 11.8 Å². The predicted octanol–water partition coefficient (Wildman–Crippen LogP) is 10.3.